The molecule has 0 aromatic heterocycles. The Balaban J connectivity index is 2.82. The van der Waals surface area contributed by atoms with Crippen LogP contribution in [0.3, 0.4) is 0 Å². The molecule has 0 saturated heterocycles. The van der Waals surface area contributed by atoms with E-state index in [1.165, 1.54) is 6.08 Å². The Bertz CT molecular complexity index is 549. The van der Waals surface area contributed by atoms with Gasteiger partial charge in [-0.25, -0.2) is 8.42 Å². The summed E-state index contributed by atoms with van der Waals surface area (Å²) in [5, 5.41) is 9.91. The predicted molar refractivity (Wildman–Crippen MR) is 73.8 cm³/mol. The lowest BCUT2D eigenvalue weighted by Gasteiger charge is -2.16. The summed E-state index contributed by atoms with van der Waals surface area (Å²) in [6, 6.07) is 7.77. The molecule has 0 fully saturated rings. The van der Waals surface area contributed by atoms with Crippen molar-refractivity contribution in [1.29, 1.82) is 0 Å². The van der Waals surface area contributed by atoms with Crippen LogP contribution < -0.4 is 4.72 Å². The monoisotopic (exact) mass is 283 g/mol. The van der Waals surface area contributed by atoms with Crippen molar-refractivity contribution in [2.75, 3.05) is 0 Å². The predicted octanol–water partition coefficient (Wildman–Crippen LogP) is 1.69. The van der Waals surface area contributed by atoms with E-state index < -0.39 is 22.0 Å². The number of sulfonamides is 1. The lowest BCUT2D eigenvalue weighted by Crippen LogP contribution is -2.43. The van der Waals surface area contributed by atoms with Gasteiger partial charge in [-0.15, -0.1) is 0 Å². The average Bonchev–Trinajstić information content (AvgIpc) is 2.34. The van der Waals surface area contributed by atoms with Gasteiger partial charge in [-0.2, -0.15) is 4.72 Å². The molecule has 6 heteroatoms. The van der Waals surface area contributed by atoms with Crippen molar-refractivity contribution >= 4 is 22.1 Å². The Morgan fingerprint density at radius 3 is 2.32 bits per heavy atom. The van der Waals surface area contributed by atoms with Crippen molar-refractivity contribution in [3.63, 3.8) is 0 Å². The number of rotatable bonds is 6. The van der Waals surface area contributed by atoms with Crippen LogP contribution >= 0.6 is 0 Å². The number of aliphatic carboxylic acids is 1. The number of carboxylic acids is 1. The molecule has 19 heavy (non-hydrogen) atoms. The maximum Gasteiger partial charge on any atom is 0.322 e. The summed E-state index contributed by atoms with van der Waals surface area (Å²) in [6.45, 7) is 3.28. The first-order valence-corrected chi connectivity index (χ1v) is 7.35. The van der Waals surface area contributed by atoms with Crippen LogP contribution in [0.4, 0.5) is 0 Å². The SMILES string of the molecule is CC(C)C(NS(=O)(=O)C=Cc1ccccc1)C(=O)O. The van der Waals surface area contributed by atoms with Gasteiger partial charge in [0.1, 0.15) is 6.04 Å². The van der Waals surface area contributed by atoms with Gasteiger partial charge < -0.3 is 5.11 Å². The van der Waals surface area contributed by atoms with E-state index in [0.29, 0.717) is 0 Å². The van der Waals surface area contributed by atoms with Crippen LogP contribution in [-0.2, 0) is 14.8 Å². The van der Waals surface area contributed by atoms with Crippen LogP contribution in [0.15, 0.2) is 35.7 Å². The van der Waals surface area contributed by atoms with E-state index in [0.717, 1.165) is 11.0 Å². The molecule has 0 aliphatic heterocycles. The summed E-state index contributed by atoms with van der Waals surface area (Å²) >= 11 is 0. The number of nitrogens with one attached hydrogen (secondary N) is 1. The van der Waals surface area contributed by atoms with E-state index in [1.54, 1.807) is 38.1 Å². The number of hydrogen-bond acceptors (Lipinski definition) is 3. The van der Waals surface area contributed by atoms with Gasteiger partial charge >= 0.3 is 5.97 Å². The molecule has 0 spiro atoms. The van der Waals surface area contributed by atoms with E-state index in [9.17, 15) is 13.2 Å². The van der Waals surface area contributed by atoms with Crippen molar-refractivity contribution in [3.8, 4) is 0 Å². The molecule has 0 aliphatic carbocycles. The summed E-state index contributed by atoms with van der Waals surface area (Å²) in [4.78, 5) is 10.9. The van der Waals surface area contributed by atoms with Crippen molar-refractivity contribution in [2.24, 2.45) is 5.92 Å². The zero-order valence-electron chi connectivity index (χ0n) is 10.8. The third-order valence-electron chi connectivity index (χ3n) is 2.46. The molecule has 1 unspecified atom stereocenters. The van der Waals surface area contributed by atoms with E-state index in [1.807, 2.05) is 6.07 Å². The molecule has 0 bridgehead atoms. The standard InChI is InChI=1S/C13H17NO4S/c1-10(2)12(13(15)16)14-19(17,18)9-8-11-6-4-3-5-7-11/h3-10,12,14H,1-2H3,(H,15,16). The van der Waals surface area contributed by atoms with Gasteiger partial charge in [-0.05, 0) is 17.6 Å². The molecule has 1 aromatic carbocycles. The Morgan fingerprint density at radius 1 is 1.26 bits per heavy atom. The van der Waals surface area contributed by atoms with E-state index in [2.05, 4.69) is 4.72 Å². The molecule has 104 valence electrons. The molecule has 1 atom stereocenters. The minimum atomic E-state index is -3.78. The Hall–Kier alpha value is -1.66. The molecular formula is C13H17NO4S. The van der Waals surface area contributed by atoms with Crippen molar-refractivity contribution in [3.05, 3.63) is 41.3 Å². The van der Waals surface area contributed by atoms with Crippen LogP contribution in [0.5, 0.6) is 0 Å². The highest BCUT2D eigenvalue weighted by Gasteiger charge is 2.25. The molecule has 5 nitrogen and oxygen atoms in total. The second kappa shape index (κ2) is 6.49. The van der Waals surface area contributed by atoms with Gasteiger partial charge in [0.25, 0.3) is 0 Å². The van der Waals surface area contributed by atoms with Crippen LogP contribution in [0.2, 0.25) is 0 Å². The van der Waals surface area contributed by atoms with Gasteiger partial charge in [0.15, 0.2) is 0 Å². The van der Waals surface area contributed by atoms with Crippen LogP contribution in [0.1, 0.15) is 19.4 Å². The Kier molecular flexibility index (Phi) is 5.26. The summed E-state index contributed by atoms with van der Waals surface area (Å²) in [7, 11) is -3.78. The smallest absolute Gasteiger partial charge is 0.322 e. The second-order valence-corrected chi connectivity index (χ2v) is 6.03. The lowest BCUT2D eigenvalue weighted by atomic mass is 10.1. The van der Waals surface area contributed by atoms with Crippen LogP contribution in [0.25, 0.3) is 6.08 Å². The largest absolute Gasteiger partial charge is 0.480 e. The maximum absolute atomic E-state index is 11.8. The molecule has 0 amide bonds. The molecule has 2 N–H and O–H groups in total. The Labute approximate surface area is 113 Å². The number of carboxylic acid groups (broad SMARTS) is 1. The maximum atomic E-state index is 11.8. The quantitative estimate of drug-likeness (QED) is 0.832. The molecular weight excluding hydrogens is 266 g/mol. The fraction of sp³-hybridized carbons (Fsp3) is 0.308. The first-order valence-electron chi connectivity index (χ1n) is 5.80. The first kappa shape index (κ1) is 15.4. The van der Waals surface area contributed by atoms with Gasteiger partial charge in [-0.3, -0.25) is 4.79 Å². The van der Waals surface area contributed by atoms with Gasteiger partial charge in [0.2, 0.25) is 10.0 Å². The van der Waals surface area contributed by atoms with Crippen LogP contribution in [0, 0.1) is 5.92 Å². The lowest BCUT2D eigenvalue weighted by molar-refractivity contribution is -0.140. The van der Waals surface area contributed by atoms with E-state index in [4.69, 9.17) is 5.11 Å². The summed E-state index contributed by atoms with van der Waals surface area (Å²) in [5.41, 5.74) is 0.726. The van der Waals surface area contributed by atoms with Crippen molar-refractivity contribution < 1.29 is 18.3 Å². The van der Waals surface area contributed by atoms with E-state index >= 15 is 0 Å². The molecule has 0 radical (unpaired) electrons. The van der Waals surface area contributed by atoms with Crippen LogP contribution in [-0.4, -0.2) is 25.5 Å². The second-order valence-electron chi connectivity index (χ2n) is 4.44. The number of carbonyl (C=O) groups is 1. The zero-order chi connectivity index (χ0) is 14.5. The van der Waals surface area contributed by atoms with Gasteiger partial charge in [-0.1, -0.05) is 44.2 Å². The summed E-state index contributed by atoms with van der Waals surface area (Å²) in [5.74, 6) is -1.52. The minimum Gasteiger partial charge on any atom is -0.480 e. The normalized spacial score (nSPS) is 13.8. The minimum absolute atomic E-state index is 0.336. The topological polar surface area (TPSA) is 83.5 Å². The fourth-order valence-electron chi connectivity index (χ4n) is 1.42. The van der Waals surface area contributed by atoms with Crippen molar-refractivity contribution in [2.45, 2.75) is 19.9 Å². The molecule has 0 saturated carbocycles. The molecule has 1 rings (SSSR count). The van der Waals surface area contributed by atoms with Gasteiger partial charge in [0, 0.05) is 5.41 Å². The van der Waals surface area contributed by atoms with E-state index in [-0.39, 0.29) is 5.92 Å². The average molecular weight is 283 g/mol. The highest BCUT2D eigenvalue weighted by molar-refractivity contribution is 7.92. The highest BCUT2D eigenvalue weighted by atomic mass is 32.2. The van der Waals surface area contributed by atoms with Crippen molar-refractivity contribution in [1.82, 2.24) is 4.72 Å². The highest BCUT2D eigenvalue weighted by Crippen LogP contribution is 2.07. The number of benzene rings is 1. The first-order chi connectivity index (χ1) is 8.82. The summed E-state index contributed by atoms with van der Waals surface area (Å²) < 4.78 is 25.7. The molecule has 1 aromatic rings. The number of hydrogen-bond donors (Lipinski definition) is 2. The third kappa shape index (κ3) is 5.23. The fourth-order valence-corrected chi connectivity index (χ4v) is 2.56. The molecule has 0 heterocycles. The molecule has 0 aliphatic rings. The Morgan fingerprint density at radius 2 is 1.84 bits per heavy atom. The summed E-state index contributed by atoms with van der Waals surface area (Å²) in [6.07, 6.45) is 1.42. The third-order valence-corrected chi connectivity index (χ3v) is 3.54. The zero-order valence-corrected chi connectivity index (χ0v) is 11.6. The van der Waals surface area contributed by atoms with Gasteiger partial charge in [0.05, 0.1) is 0 Å².